The van der Waals surface area contributed by atoms with Crippen LogP contribution in [0.1, 0.15) is 0 Å². The van der Waals surface area contributed by atoms with Crippen molar-refractivity contribution in [3.8, 4) is 11.1 Å². The number of para-hydroxylation sites is 1. The molecule has 0 atom stereocenters. The van der Waals surface area contributed by atoms with Gasteiger partial charge in [0.25, 0.3) is 0 Å². The Morgan fingerprint density at radius 1 is 0.455 bits per heavy atom. The van der Waals surface area contributed by atoms with Crippen molar-refractivity contribution in [3.63, 3.8) is 0 Å². The van der Waals surface area contributed by atoms with E-state index >= 15 is 0 Å². The van der Waals surface area contributed by atoms with Crippen molar-refractivity contribution >= 4 is 45.0 Å². The van der Waals surface area contributed by atoms with E-state index in [1.54, 1.807) is 0 Å². The summed E-state index contributed by atoms with van der Waals surface area (Å²) in [7, 11) is -2.96. The van der Waals surface area contributed by atoms with Gasteiger partial charge in [0.2, 0.25) is 0 Å². The Hall–Kier alpha value is -3.87. The van der Waals surface area contributed by atoms with Gasteiger partial charge in [-0.25, -0.2) is 0 Å². The fourth-order valence-corrected chi connectivity index (χ4v) is 7.14. The lowest BCUT2D eigenvalue weighted by Gasteiger charge is -2.20. The van der Waals surface area contributed by atoms with Crippen LogP contribution in [-0.2, 0) is 4.57 Å². The lowest BCUT2D eigenvalue weighted by molar-refractivity contribution is 0.592. The monoisotopic (exact) mass is 444 g/mol. The van der Waals surface area contributed by atoms with Crippen LogP contribution < -0.4 is 15.9 Å². The van der Waals surface area contributed by atoms with Crippen LogP contribution >= 0.6 is 7.14 Å². The van der Waals surface area contributed by atoms with Gasteiger partial charge in [-0.3, -0.25) is 0 Å². The minimum absolute atomic E-state index is 0.832. The zero-order valence-corrected chi connectivity index (χ0v) is 18.8. The van der Waals surface area contributed by atoms with E-state index < -0.39 is 7.14 Å². The largest absolute Gasteiger partial charge is 0.456 e. The van der Waals surface area contributed by atoms with Crippen molar-refractivity contribution in [2.75, 3.05) is 0 Å². The van der Waals surface area contributed by atoms with Gasteiger partial charge in [0.1, 0.15) is 11.2 Å². The molecule has 0 aliphatic carbocycles. The Kier molecular flexibility index (Phi) is 4.75. The van der Waals surface area contributed by atoms with E-state index in [4.69, 9.17) is 4.42 Å². The minimum Gasteiger partial charge on any atom is -0.456 e. The molecule has 0 spiro atoms. The molecule has 33 heavy (non-hydrogen) atoms. The fraction of sp³-hybridized carbons (Fsp3) is 0. The third-order valence-corrected chi connectivity index (χ3v) is 9.26. The number of hydrogen-bond acceptors (Lipinski definition) is 2. The molecule has 158 valence electrons. The summed E-state index contributed by atoms with van der Waals surface area (Å²) in [6, 6.07) is 42.1. The highest BCUT2D eigenvalue weighted by atomic mass is 31.2. The molecule has 0 radical (unpaired) electrons. The second-order valence-electron chi connectivity index (χ2n) is 8.14. The summed E-state index contributed by atoms with van der Waals surface area (Å²) in [5, 5.41) is 4.74. The van der Waals surface area contributed by atoms with Crippen LogP contribution in [0.5, 0.6) is 0 Å². The maximum absolute atomic E-state index is 14.5. The normalized spacial score (nSPS) is 11.8. The van der Waals surface area contributed by atoms with E-state index in [1.165, 1.54) is 0 Å². The van der Waals surface area contributed by atoms with E-state index in [1.807, 2.05) is 97.1 Å². The van der Waals surface area contributed by atoms with E-state index in [2.05, 4.69) is 30.3 Å². The summed E-state index contributed by atoms with van der Waals surface area (Å²) in [5.41, 5.74) is 3.97. The van der Waals surface area contributed by atoms with Gasteiger partial charge in [0, 0.05) is 26.7 Å². The Labute approximate surface area is 192 Å². The first-order valence-corrected chi connectivity index (χ1v) is 12.7. The molecule has 1 aromatic heterocycles. The third kappa shape index (κ3) is 3.31. The van der Waals surface area contributed by atoms with E-state index in [-0.39, 0.29) is 0 Å². The molecule has 0 saturated carbocycles. The third-order valence-electron chi connectivity index (χ3n) is 6.18. The summed E-state index contributed by atoms with van der Waals surface area (Å²) in [6.07, 6.45) is 0. The Bertz CT molecular complexity index is 1570. The standard InChI is InChI=1S/C30H21O2P/c31-33(24-9-3-1-4-10-24,25-11-5-2-6-12-25)26-18-15-22(16-19-26)23-17-20-30-28(21-23)27-13-7-8-14-29(27)32-30/h1-21H. The van der Waals surface area contributed by atoms with E-state index in [0.29, 0.717) is 0 Å². The van der Waals surface area contributed by atoms with Crippen LogP contribution in [-0.4, -0.2) is 0 Å². The van der Waals surface area contributed by atoms with Gasteiger partial charge < -0.3 is 8.98 Å². The van der Waals surface area contributed by atoms with Crippen LogP contribution in [0.4, 0.5) is 0 Å². The number of rotatable bonds is 4. The molecule has 1 heterocycles. The molecule has 0 aliphatic heterocycles. The molecule has 0 fully saturated rings. The minimum atomic E-state index is -2.96. The first-order chi connectivity index (χ1) is 16.2. The van der Waals surface area contributed by atoms with Gasteiger partial charge in [0.15, 0.2) is 7.14 Å². The van der Waals surface area contributed by atoms with Crippen LogP contribution in [0.3, 0.4) is 0 Å². The Balaban J connectivity index is 1.46. The number of benzene rings is 5. The smallest absolute Gasteiger partial charge is 0.171 e. The van der Waals surface area contributed by atoms with Crippen LogP contribution in [0.25, 0.3) is 33.1 Å². The van der Waals surface area contributed by atoms with Crippen molar-refractivity contribution in [1.82, 2.24) is 0 Å². The van der Waals surface area contributed by atoms with Gasteiger partial charge in [-0.15, -0.1) is 0 Å². The van der Waals surface area contributed by atoms with Crippen molar-refractivity contribution in [2.24, 2.45) is 0 Å². The number of furan rings is 1. The van der Waals surface area contributed by atoms with Gasteiger partial charge in [0.05, 0.1) is 0 Å². The topological polar surface area (TPSA) is 30.2 Å². The predicted molar refractivity (Wildman–Crippen MR) is 139 cm³/mol. The summed E-state index contributed by atoms with van der Waals surface area (Å²) < 4.78 is 20.5. The molecule has 0 aliphatic rings. The molecular formula is C30H21O2P. The van der Waals surface area contributed by atoms with E-state index in [9.17, 15) is 4.57 Å². The lowest BCUT2D eigenvalue weighted by atomic mass is 10.0. The Morgan fingerprint density at radius 3 is 1.64 bits per heavy atom. The zero-order valence-electron chi connectivity index (χ0n) is 17.9. The fourth-order valence-electron chi connectivity index (χ4n) is 4.49. The first kappa shape index (κ1) is 19.8. The molecule has 2 nitrogen and oxygen atoms in total. The summed E-state index contributed by atoms with van der Waals surface area (Å²) in [4.78, 5) is 0. The predicted octanol–water partition coefficient (Wildman–Crippen LogP) is 6.89. The van der Waals surface area contributed by atoms with Gasteiger partial charge in [-0.1, -0.05) is 109 Å². The Morgan fingerprint density at radius 2 is 0.970 bits per heavy atom. The summed E-state index contributed by atoms with van der Waals surface area (Å²) in [5.74, 6) is 0. The second kappa shape index (κ2) is 7.92. The summed E-state index contributed by atoms with van der Waals surface area (Å²) >= 11 is 0. The van der Waals surface area contributed by atoms with E-state index in [0.717, 1.165) is 49.0 Å². The molecule has 0 saturated heterocycles. The highest BCUT2D eigenvalue weighted by Crippen LogP contribution is 2.42. The average Bonchev–Trinajstić information content (AvgIpc) is 3.27. The number of hydrogen-bond donors (Lipinski definition) is 0. The van der Waals surface area contributed by atoms with Crippen LogP contribution in [0.2, 0.25) is 0 Å². The summed E-state index contributed by atoms with van der Waals surface area (Å²) in [6.45, 7) is 0. The molecule has 0 bridgehead atoms. The highest BCUT2D eigenvalue weighted by Gasteiger charge is 2.29. The number of fused-ring (bicyclic) bond motifs is 3. The zero-order chi connectivity index (χ0) is 22.3. The lowest BCUT2D eigenvalue weighted by Crippen LogP contribution is -2.24. The molecule has 0 amide bonds. The quantitative estimate of drug-likeness (QED) is 0.277. The molecule has 3 heteroatoms. The van der Waals surface area contributed by atoms with Crippen molar-refractivity contribution in [3.05, 3.63) is 127 Å². The van der Waals surface area contributed by atoms with Crippen molar-refractivity contribution in [2.45, 2.75) is 0 Å². The molecular weight excluding hydrogens is 423 g/mol. The maximum Gasteiger partial charge on any atom is 0.171 e. The van der Waals surface area contributed by atoms with Gasteiger partial charge >= 0.3 is 0 Å². The maximum atomic E-state index is 14.5. The second-order valence-corrected chi connectivity index (χ2v) is 10.9. The van der Waals surface area contributed by atoms with Crippen molar-refractivity contribution < 1.29 is 8.98 Å². The van der Waals surface area contributed by atoms with Crippen molar-refractivity contribution in [1.29, 1.82) is 0 Å². The van der Waals surface area contributed by atoms with Crippen LogP contribution in [0.15, 0.2) is 132 Å². The molecule has 6 rings (SSSR count). The first-order valence-electron chi connectivity index (χ1n) is 11.0. The average molecular weight is 444 g/mol. The molecule has 5 aromatic carbocycles. The molecule has 0 N–H and O–H groups in total. The SMILES string of the molecule is O=P(c1ccccc1)(c1ccccc1)c1ccc(-c2ccc3oc4ccccc4c3c2)cc1. The van der Waals surface area contributed by atoms with Gasteiger partial charge in [-0.2, -0.15) is 0 Å². The van der Waals surface area contributed by atoms with Gasteiger partial charge in [-0.05, 0) is 29.3 Å². The highest BCUT2D eigenvalue weighted by molar-refractivity contribution is 7.85. The van der Waals surface area contributed by atoms with Crippen LogP contribution in [0, 0.1) is 0 Å². The molecule has 0 unspecified atom stereocenters. The molecule has 6 aromatic rings.